The first-order valence-corrected chi connectivity index (χ1v) is 13.7. The first-order chi connectivity index (χ1) is 23.1. The molecular weight excluding hydrogens is 700 g/mol. The molecule has 0 saturated heterocycles. The van der Waals surface area contributed by atoms with E-state index in [1.807, 2.05) is 0 Å². The molecule has 50 heavy (non-hydrogen) atoms. The van der Waals surface area contributed by atoms with E-state index in [1.165, 1.54) is 0 Å². The molecule has 0 fully saturated rings. The summed E-state index contributed by atoms with van der Waals surface area (Å²) in [5.74, 6) is -5.66. The highest BCUT2D eigenvalue weighted by atomic mass is 19.4. The third-order valence-electron chi connectivity index (χ3n) is 7.34. The molecule has 18 heteroatoms. The van der Waals surface area contributed by atoms with Crippen LogP contribution < -0.4 is 22.1 Å². The van der Waals surface area contributed by atoms with Gasteiger partial charge in [0.15, 0.2) is 0 Å². The zero-order chi connectivity index (χ0) is 37.8. The summed E-state index contributed by atoms with van der Waals surface area (Å²) in [4.78, 5) is 20.8. The van der Waals surface area contributed by atoms with Gasteiger partial charge in [-0.15, -0.1) is 0 Å². The molecule has 0 aliphatic heterocycles. The van der Waals surface area contributed by atoms with Crippen molar-refractivity contribution in [2.75, 3.05) is 22.1 Å². The molecule has 0 aromatic heterocycles. The lowest BCUT2D eigenvalue weighted by Gasteiger charge is -2.38. The smallest absolute Gasteiger partial charge is 0.399 e. The van der Waals surface area contributed by atoms with Crippen molar-refractivity contribution >= 4 is 35.6 Å². The zero-order valence-electron chi connectivity index (χ0n) is 24.9. The lowest BCUT2D eigenvalue weighted by Crippen LogP contribution is -2.54. The van der Waals surface area contributed by atoms with Crippen molar-refractivity contribution in [2.45, 2.75) is 35.5 Å². The van der Waals surface area contributed by atoms with Crippen LogP contribution >= 0.6 is 0 Å². The first kappa shape index (κ1) is 39.0. The topological polar surface area (TPSA) is 110 Å². The van der Waals surface area contributed by atoms with Gasteiger partial charge in [-0.05, 0) is 59.7 Å². The van der Waals surface area contributed by atoms with Gasteiger partial charge in [-0.2, -0.15) is 48.3 Å². The fraction of sp³-hybridized carbons (Fsp3) is 0.188. The van der Waals surface area contributed by atoms with Crippen LogP contribution in [0, 0.1) is 0 Å². The molecular formula is C32H24F12N4O2. The number of rotatable bonds is 9. The van der Waals surface area contributed by atoms with Gasteiger partial charge in [-0.25, -0.2) is 4.39 Å². The summed E-state index contributed by atoms with van der Waals surface area (Å²) < 4.78 is 165. The molecule has 268 valence electrons. The van der Waals surface area contributed by atoms with Crippen LogP contribution in [0.5, 0.6) is 0 Å². The average Bonchev–Trinajstić information content (AvgIpc) is 3.02. The third kappa shape index (κ3) is 7.28. The molecule has 0 spiro atoms. The van der Waals surface area contributed by atoms with E-state index in [1.54, 1.807) is 0 Å². The predicted octanol–water partition coefficient (Wildman–Crippen LogP) is 8.50. The highest BCUT2D eigenvalue weighted by Gasteiger charge is 2.73. The Morgan fingerprint density at radius 1 is 0.420 bits per heavy atom. The molecule has 0 aliphatic rings. The van der Waals surface area contributed by atoms with Crippen molar-refractivity contribution in [1.82, 2.24) is 0 Å². The maximum Gasteiger partial charge on any atom is 0.457 e. The van der Waals surface area contributed by atoms with Crippen molar-refractivity contribution in [3.8, 4) is 0 Å². The minimum Gasteiger partial charge on any atom is -0.399 e. The second-order valence-corrected chi connectivity index (χ2v) is 10.4. The Morgan fingerprint density at radius 2 is 0.700 bits per heavy atom. The molecule has 2 amide bonds. The number of anilines is 4. The van der Waals surface area contributed by atoms with Crippen molar-refractivity contribution in [2.24, 2.45) is 0 Å². The lowest BCUT2D eigenvalue weighted by atomic mass is 9.73. The number of carbonyl (C=O) groups excluding carboxylic acids is 2. The Bertz CT molecular complexity index is 1620. The van der Waals surface area contributed by atoms with Crippen molar-refractivity contribution < 1.29 is 62.3 Å². The molecule has 4 aromatic carbocycles. The van der Waals surface area contributed by atoms with Gasteiger partial charge in [-0.1, -0.05) is 48.5 Å². The fourth-order valence-electron chi connectivity index (χ4n) is 4.90. The van der Waals surface area contributed by atoms with E-state index in [0.29, 0.717) is 24.3 Å². The van der Waals surface area contributed by atoms with Crippen LogP contribution in [0.4, 0.5) is 75.4 Å². The molecule has 0 unspecified atom stereocenters. The minimum atomic E-state index is -6.09. The highest BCUT2D eigenvalue weighted by Crippen LogP contribution is 2.57. The van der Waals surface area contributed by atoms with Gasteiger partial charge >= 0.3 is 24.5 Å². The normalized spacial score (nSPS) is 12.7. The average molecular weight is 725 g/mol. The Labute approximate surface area is 275 Å². The number of hydrogen-bond acceptors (Lipinski definition) is 4. The maximum atomic E-state index is 15.2. The van der Waals surface area contributed by atoms with Crippen LogP contribution in [-0.2, 0) is 20.7 Å². The largest absolute Gasteiger partial charge is 0.457 e. The maximum absolute atomic E-state index is 15.2. The SMILES string of the molecule is Nc1ccc(C(F)(c2ccc(N)cc2)C(F)(F)C(F)(F)F)cc1.O=CNc1ccc(C(c2ccc(NC=O)cc2)(C(F)(F)F)C(F)(F)F)cc1. The summed E-state index contributed by atoms with van der Waals surface area (Å²) in [5.41, 5.74) is -1.23. The minimum absolute atomic E-state index is 0.0394. The third-order valence-corrected chi connectivity index (χ3v) is 7.34. The van der Waals surface area contributed by atoms with Gasteiger partial charge < -0.3 is 22.1 Å². The number of nitrogens with two attached hydrogens (primary N) is 2. The van der Waals surface area contributed by atoms with Gasteiger partial charge in [0.2, 0.25) is 23.9 Å². The van der Waals surface area contributed by atoms with E-state index in [9.17, 15) is 57.9 Å². The van der Waals surface area contributed by atoms with Crippen LogP contribution in [0.15, 0.2) is 97.1 Å². The number of benzene rings is 4. The van der Waals surface area contributed by atoms with E-state index in [4.69, 9.17) is 11.5 Å². The Balaban J connectivity index is 0.000000274. The van der Waals surface area contributed by atoms with Gasteiger partial charge in [0.1, 0.15) is 0 Å². The predicted molar refractivity (Wildman–Crippen MR) is 160 cm³/mol. The van der Waals surface area contributed by atoms with Gasteiger partial charge in [0, 0.05) is 33.9 Å². The Kier molecular flexibility index (Phi) is 11.1. The molecule has 0 bridgehead atoms. The first-order valence-electron chi connectivity index (χ1n) is 13.7. The lowest BCUT2D eigenvalue weighted by molar-refractivity contribution is -0.323. The second-order valence-electron chi connectivity index (χ2n) is 10.4. The molecule has 4 aromatic rings. The second kappa shape index (κ2) is 14.2. The number of nitrogen functional groups attached to an aromatic ring is 2. The fourth-order valence-corrected chi connectivity index (χ4v) is 4.90. The highest BCUT2D eigenvalue weighted by molar-refractivity contribution is 5.72. The summed E-state index contributed by atoms with van der Waals surface area (Å²) in [6.45, 7) is 0. The Hall–Kier alpha value is -5.42. The molecule has 4 rings (SSSR count). The summed E-state index contributed by atoms with van der Waals surface area (Å²) in [7, 11) is 0. The van der Waals surface area contributed by atoms with Crippen LogP contribution in [0.2, 0.25) is 0 Å². The van der Waals surface area contributed by atoms with Crippen molar-refractivity contribution in [3.05, 3.63) is 119 Å². The number of hydrogen-bond donors (Lipinski definition) is 4. The summed E-state index contributed by atoms with van der Waals surface area (Å²) in [6.07, 6.45) is -17.0. The van der Waals surface area contributed by atoms with Crippen LogP contribution in [0.25, 0.3) is 0 Å². The molecule has 0 radical (unpaired) electrons. The van der Waals surface area contributed by atoms with Gasteiger partial charge in [0.25, 0.3) is 0 Å². The number of amides is 2. The van der Waals surface area contributed by atoms with Crippen LogP contribution in [0.3, 0.4) is 0 Å². The molecule has 0 atom stereocenters. The summed E-state index contributed by atoms with van der Waals surface area (Å²) in [5, 5.41) is 4.28. The molecule has 0 aliphatic carbocycles. The monoisotopic (exact) mass is 724 g/mol. The van der Waals surface area contributed by atoms with E-state index in [0.717, 1.165) is 72.8 Å². The summed E-state index contributed by atoms with van der Waals surface area (Å²) >= 11 is 0. The number of halogens is 12. The molecule has 6 nitrogen and oxygen atoms in total. The Morgan fingerprint density at radius 3 is 0.940 bits per heavy atom. The van der Waals surface area contributed by atoms with Crippen LogP contribution in [-0.4, -0.2) is 37.3 Å². The zero-order valence-corrected chi connectivity index (χ0v) is 24.9. The number of nitrogens with one attached hydrogen (secondary N) is 2. The van der Waals surface area contributed by atoms with E-state index in [-0.39, 0.29) is 35.6 Å². The van der Waals surface area contributed by atoms with Crippen molar-refractivity contribution in [1.29, 1.82) is 0 Å². The van der Waals surface area contributed by atoms with Crippen LogP contribution in [0.1, 0.15) is 22.3 Å². The molecule has 6 N–H and O–H groups in total. The number of alkyl halides is 12. The number of carbonyl (C=O) groups is 2. The standard InChI is InChI=1S/C17H12F6N2O2.C15H12F6N2/c18-16(19,20)15(17(21,22)23,11-1-5-13(6-2-11)24-9-26)12-3-7-14(8-4-12)25-10-27;16-13(14(17,18)15(19,20)21,9-1-5-11(22)6-2-9)10-3-7-12(23)8-4-10/h1-10H,(H,24,26)(H,25,27);1-8H,22-23H2. The van der Waals surface area contributed by atoms with Gasteiger partial charge in [-0.3, -0.25) is 9.59 Å². The van der Waals surface area contributed by atoms with E-state index in [2.05, 4.69) is 10.6 Å². The molecule has 0 saturated carbocycles. The van der Waals surface area contributed by atoms with E-state index >= 15 is 4.39 Å². The van der Waals surface area contributed by atoms with Crippen molar-refractivity contribution in [3.63, 3.8) is 0 Å². The summed E-state index contributed by atoms with van der Waals surface area (Å²) in [6, 6.07) is 13.8. The van der Waals surface area contributed by atoms with E-state index < -0.39 is 57.8 Å². The van der Waals surface area contributed by atoms with Gasteiger partial charge in [0.05, 0.1) is 0 Å². The molecule has 0 heterocycles. The quantitative estimate of drug-likeness (QED) is 0.0789.